The minimum absolute atomic E-state index is 0.0373. The summed E-state index contributed by atoms with van der Waals surface area (Å²) >= 11 is 6.36. The molecule has 0 spiro atoms. The fourth-order valence-corrected chi connectivity index (χ4v) is 3.57. The summed E-state index contributed by atoms with van der Waals surface area (Å²) in [5.41, 5.74) is 0.324. The molecule has 1 aromatic heterocycles. The van der Waals surface area contributed by atoms with Crippen molar-refractivity contribution in [3.05, 3.63) is 28.9 Å². The fraction of sp³-hybridized carbons (Fsp3) is 0.389. The summed E-state index contributed by atoms with van der Waals surface area (Å²) < 4.78 is 5.61. The van der Waals surface area contributed by atoms with Crippen LogP contribution in [-0.4, -0.2) is 49.4 Å². The Labute approximate surface area is 172 Å². The van der Waals surface area contributed by atoms with Gasteiger partial charge in [-0.15, -0.1) is 0 Å². The van der Waals surface area contributed by atoms with Crippen LogP contribution in [0.5, 0.6) is 0 Å². The van der Waals surface area contributed by atoms with Gasteiger partial charge in [0.05, 0.1) is 16.8 Å². The zero-order valence-electron chi connectivity index (χ0n) is 15.7. The number of nitrogens with zero attached hydrogens (tertiary/aromatic N) is 2. The molecule has 2 rings (SSSR count). The Morgan fingerprint density at radius 1 is 1.43 bits per heavy atom. The fourth-order valence-electron chi connectivity index (χ4n) is 2.27. The van der Waals surface area contributed by atoms with Crippen LogP contribution in [0.4, 0.5) is 10.5 Å². The maximum atomic E-state index is 12.6. The van der Waals surface area contributed by atoms with Crippen LogP contribution in [0.2, 0.25) is 0 Å². The minimum Gasteiger partial charge on any atom is -0.481 e. The van der Waals surface area contributed by atoms with Crippen molar-refractivity contribution in [1.29, 1.82) is 0 Å². The second kappa shape index (κ2) is 9.16. The number of nitrogens with one attached hydrogen (secondary N) is 1. The molecule has 2 amide bonds. The van der Waals surface area contributed by atoms with Gasteiger partial charge >= 0.3 is 12.1 Å². The highest BCUT2D eigenvalue weighted by Gasteiger charge is 2.32. The first-order valence-corrected chi connectivity index (χ1v) is 9.70. The summed E-state index contributed by atoms with van der Waals surface area (Å²) in [6.07, 6.45) is 4.27. The Kier molecular flexibility index (Phi) is 7.14. The predicted octanol–water partition coefficient (Wildman–Crippen LogP) is 3.49. The third-order valence-corrected chi connectivity index (χ3v) is 4.80. The molecule has 1 aliphatic rings. The van der Waals surface area contributed by atoms with Gasteiger partial charge < -0.3 is 9.84 Å². The molecule has 2 N–H and O–H groups in total. The van der Waals surface area contributed by atoms with Crippen LogP contribution in [-0.2, 0) is 14.3 Å². The van der Waals surface area contributed by atoms with Gasteiger partial charge in [-0.1, -0.05) is 24.0 Å². The van der Waals surface area contributed by atoms with Gasteiger partial charge in [-0.2, -0.15) is 0 Å². The molecular weight excluding hydrogens is 402 g/mol. The van der Waals surface area contributed by atoms with E-state index in [1.165, 1.54) is 11.1 Å². The summed E-state index contributed by atoms with van der Waals surface area (Å²) in [4.78, 5) is 41.0. The summed E-state index contributed by atoms with van der Waals surface area (Å²) in [7, 11) is 0. The lowest BCUT2D eigenvalue weighted by molar-refractivity contribution is -0.137. The molecular formula is C18H21N3O5S2. The summed E-state index contributed by atoms with van der Waals surface area (Å²) in [5.74, 6) is -1.21. The highest BCUT2D eigenvalue weighted by atomic mass is 32.2. The van der Waals surface area contributed by atoms with Crippen molar-refractivity contribution in [2.45, 2.75) is 39.2 Å². The van der Waals surface area contributed by atoms with Crippen molar-refractivity contribution in [3.8, 4) is 0 Å². The number of pyridine rings is 1. The van der Waals surface area contributed by atoms with E-state index in [-0.39, 0.29) is 18.9 Å². The minimum atomic E-state index is -0.921. The monoisotopic (exact) mass is 423 g/mol. The molecule has 1 fully saturated rings. The third kappa shape index (κ3) is 6.31. The molecule has 10 heteroatoms. The second-order valence-electron chi connectivity index (χ2n) is 6.92. The lowest BCUT2D eigenvalue weighted by Crippen LogP contribution is -2.29. The summed E-state index contributed by atoms with van der Waals surface area (Å²) in [6, 6.07) is 1.66. The first-order valence-electron chi connectivity index (χ1n) is 8.48. The number of aliphatic carboxylic acids is 1. The van der Waals surface area contributed by atoms with E-state index in [1.807, 2.05) is 0 Å². The van der Waals surface area contributed by atoms with Gasteiger partial charge in [0, 0.05) is 24.7 Å². The number of carbonyl (C=O) groups is 3. The predicted molar refractivity (Wildman–Crippen MR) is 111 cm³/mol. The van der Waals surface area contributed by atoms with Gasteiger partial charge in [0.15, 0.2) is 0 Å². The van der Waals surface area contributed by atoms with Crippen LogP contribution in [0.3, 0.4) is 0 Å². The summed E-state index contributed by atoms with van der Waals surface area (Å²) in [6.45, 7) is 5.51. The Bertz CT molecular complexity index is 833. The van der Waals surface area contributed by atoms with E-state index in [1.54, 1.807) is 39.1 Å². The molecule has 2 heterocycles. The summed E-state index contributed by atoms with van der Waals surface area (Å²) in [5, 5.41) is 11.4. The molecule has 0 radical (unpaired) electrons. The number of hydrogen-bond acceptors (Lipinski definition) is 7. The molecule has 1 aromatic rings. The van der Waals surface area contributed by atoms with Crippen LogP contribution in [0.15, 0.2) is 23.4 Å². The van der Waals surface area contributed by atoms with E-state index in [0.29, 0.717) is 26.9 Å². The normalized spacial score (nSPS) is 15.8. The number of thioether (sulfide) groups is 1. The number of carbonyl (C=O) groups excluding carboxylic acids is 2. The van der Waals surface area contributed by atoms with Gasteiger partial charge in [0.25, 0.3) is 5.91 Å². The average Bonchev–Trinajstić information content (AvgIpc) is 2.82. The lowest BCUT2D eigenvalue weighted by Gasteiger charge is -2.20. The smallest absolute Gasteiger partial charge is 0.412 e. The number of carboxylic acids is 1. The maximum Gasteiger partial charge on any atom is 0.412 e. The van der Waals surface area contributed by atoms with Crippen molar-refractivity contribution in [2.24, 2.45) is 0 Å². The highest BCUT2D eigenvalue weighted by Crippen LogP contribution is 2.33. The van der Waals surface area contributed by atoms with Crippen molar-refractivity contribution < 1.29 is 24.2 Å². The van der Waals surface area contributed by atoms with Gasteiger partial charge in [-0.05, 0) is 39.3 Å². The van der Waals surface area contributed by atoms with Crippen LogP contribution in [0.1, 0.15) is 39.2 Å². The van der Waals surface area contributed by atoms with Gasteiger partial charge in [-0.25, -0.2) is 4.79 Å². The van der Waals surface area contributed by atoms with Crippen molar-refractivity contribution in [2.75, 3.05) is 11.9 Å². The Balaban J connectivity index is 2.15. The van der Waals surface area contributed by atoms with E-state index in [2.05, 4.69) is 10.3 Å². The molecule has 1 saturated heterocycles. The van der Waals surface area contributed by atoms with Crippen LogP contribution in [0.25, 0.3) is 6.08 Å². The van der Waals surface area contributed by atoms with E-state index >= 15 is 0 Å². The SMILES string of the molecule is CC(C)(C)OC(=O)Nc1cnccc1C=C1SC(=S)N(CCCC(=O)O)C1=O. The Hall–Kier alpha value is -2.46. The maximum absolute atomic E-state index is 12.6. The number of hydrogen-bond donors (Lipinski definition) is 2. The quantitative estimate of drug-likeness (QED) is 0.529. The van der Waals surface area contributed by atoms with E-state index in [9.17, 15) is 14.4 Å². The largest absolute Gasteiger partial charge is 0.481 e. The number of amides is 2. The standard InChI is InChI=1S/C18H21N3O5S2/c1-18(2,3)26-16(25)20-12-10-19-7-6-11(12)9-13-15(24)21(17(27)28-13)8-4-5-14(22)23/h6-7,9-10H,4-5,8H2,1-3H3,(H,20,25)(H,22,23). The van der Waals surface area contributed by atoms with E-state index in [0.717, 1.165) is 11.8 Å². The highest BCUT2D eigenvalue weighted by molar-refractivity contribution is 8.26. The number of thiocarbonyl (C=S) groups is 1. The van der Waals surface area contributed by atoms with Crippen LogP contribution < -0.4 is 5.32 Å². The van der Waals surface area contributed by atoms with Crippen LogP contribution >= 0.6 is 24.0 Å². The average molecular weight is 424 g/mol. The topological polar surface area (TPSA) is 109 Å². The molecule has 0 saturated carbocycles. The number of carboxylic acid groups (broad SMARTS) is 1. The number of anilines is 1. The lowest BCUT2D eigenvalue weighted by atomic mass is 10.2. The van der Waals surface area contributed by atoms with Crippen LogP contribution in [0, 0.1) is 0 Å². The zero-order valence-corrected chi connectivity index (χ0v) is 17.4. The van der Waals surface area contributed by atoms with E-state index < -0.39 is 17.7 Å². The van der Waals surface area contributed by atoms with Crippen molar-refractivity contribution in [1.82, 2.24) is 9.88 Å². The Morgan fingerprint density at radius 2 is 2.14 bits per heavy atom. The van der Waals surface area contributed by atoms with Gasteiger partial charge in [-0.3, -0.25) is 24.8 Å². The molecule has 0 aliphatic carbocycles. The first kappa shape index (κ1) is 21.8. The second-order valence-corrected chi connectivity index (χ2v) is 8.60. The molecule has 28 heavy (non-hydrogen) atoms. The van der Waals surface area contributed by atoms with E-state index in [4.69, 9.17) is 22.1 Å². The Morgan fingerprint density at radius 3 is 2.79 bits per heavy atom. The molecule has 0 bridgehead atoms. The molecule has 0 aromatic carbocycles. The van der Waals surface area contributed by atoms with Gasteiger partial charge in [0.1, 0.15) is 9.92 Å². The van der Waals surface area contributed by atoms with Crippen molar-refractivity contribution >= 4 is 58.0 Å². The van der Waals surface area contributed by atoms with Crippen molar-refractivity contribution in [3.63, 3.8) is 0 Å². The molecule has 8 nitrogen and oxygen atoms in total. The number of rotatable bonds is 6. The third-order valence-electron chi connectivity index (χ3n) is 3.42. The zero-order chi connectivity index (χ0) is 20.9. The molecule has 150 valence electrons. The number of ether oxygens (including phenoxy) is 1. The molecule has 0 unspecified atom stereocenters. The number of aromatic nitrogens is 1. The van der Waals surface area contributed by atoms with Gasteiger partial charge in [0.2, 0.25) is 0 Å². The molecule has 0 atom stereocenters. The first-order chi connectivity index (χ1) is 13.1. The molecule has 1 aliphatic heterocycles.